The van der Waals surface area contributed by atoms with E-state index in [0.29, 0.717) is 11.3 Å². The van der Waals surface area contributed by atoms with Crippen LogP contribution < -0.4 is 0 Å². The second-order valence-corrected chi connectivity index (χ2v) is 4.28. The molecular formula is C17H12FN2+. The van der Waals surface area contributed by atoms with Crippen molar-refractivity contribution in [3.8, 4) is 0 Å². The number of benzene rings is 1. The van der Waals surface area contributed by atoms with Crippen LogP contribution in [0.2, 0.25) is 0 Å². The second-order valence-electron chi connectivity index (χ2n) is 4.28. The van der Waals surface area contributed by atoms with Gasteiger partial charge in [0.25, 0.3) is 0 Å². The summed E-state index contributed by atoms with van der Waals surface area (Å²) >= 11 is 0. The van der Waals surface area contributed by atoms with Gasteiger partial charge in [-0.15, -0.1) is 0 Å². The first-order valence-electron chi connectivity index (χ1n) is 6.31. The predicted octanol–water partition coefficient (Wildman–Crippen LogP) is 3.48. The molecule has 96 valence electrons. The highest BCUT2D eigenvalue weighted by molar-refractivity contribution is 6.15. The van der Waals surface area contributed by atoms with Gasteiger partial charge in [-0.3, -0.25) is 0 Å². The fourth-order valence-corrected chi connectivity index (χ4v) is 2.18. The van der Waals surface area contributed by atoms with Crippen molar-refractivity contribution in [3.05, 3.63) is 77.9 Å². The Morgan fingerprint density at radius 2 is 2.10 bits per heavy atom. The monoisotopic (exact) mass is 263 g/mol. The third kappa shape index (κ3) is 2.02. The van der Waals surface area contributed by atoms with Crippen LogP contribution in [-0.4, -0.2) is 16.5 Å². The van der Waals surface area contributed by atoms with Crippen LogP contribution in [-0.2, 0) is 0 Å². The van der Waals surface area contributed by atoms with E-state index in [9.17, 15) is 4.39 Å². The van der Waals surface area contributed by atoms with E-state index in [1.165, 1.54) is 6.07 Å². The lowest BCUT2D eigenvalue weighted by Gasteiger charge is -2.05. The molecule has 3 rings (SSSR count). The summed E-state index contributed by atoms with van der Waals surface area (Å²) in [6.07, 6.45) is 5.42. The fourth-order valence-electron chi connectivity index (χ4n) is 2.18. The molecular weight excluding hydrogens is 251 g/mol. The number of aliphatic imine (C=N–C) groups is 1. The summed E-state index contributed by atoms with van der Waals surface area (Å²) in [5.74, 6) is -0.295. The summed E-state index contributed by atoms with van der Waals surface area (Å²) in [6, 6.07) is 16.3. The molecule has 0 aromatic heterocycles. The van der Waals surface area contributed by atoms with Crippen molar-refractivity contribution in [2.45, 2.75) is 6.92 Å². The molecule has 0 radical (unpaired) electrons. The van der Waals surface area contributed by atoms with Gasteiger partial charge in [0.05, 0.1) is 11.9 Å². The van der Waals surface area contributed by atoms with E-state index in [1.807, 2.05) is 30.0 Å². The maximum atomic E-state index is 14.0. The first kappa shape index (κ1) is 12.3. The largest absolute Gasteiger partial charge is 0.248 e. The van der Waals surface area contributed by atoms with E-state index in [2.05, 4.69) is 17.1 Å². The van der Waals surface area contributed by atoms with Crippen molar-refractivity contribution < 1.29 is 8.97 Å². The number of hydrogen-bond acceptors (Lipinski definition) is 1. The molecule has 0 fully saturated rings. The van der Waals surface area contributed by atoms with Gasteiger partial charge in [0, 0.05) is 18.6 Å². The van der Waals surface area contributed by atoms with Gasteiger partial charge < -0.3 is 0 Å². The van der Waals surface area contributed by atoms with Crippen LogP contribution in [0.4, 0.5) is 10.1 Å². The SMILES string of the molecule is CC=[N+]1C=CN=C(c2ccccc2F)c2c#cccc21. The lowest BCUT2D eigenvalue weighted by atomic mass is 10.0. The molecule has 0 unspecified atom stereocenters. The smallest absolute Gasteiger partial charge is 0.228 e. The maximum Gasteiger partial charge on any atom is 0.228 e. The van der Waals surface area contributed by atoms with Gasteiger partial charge in [0.15, 0.2) is 6.20 Å². The Morgan fingerprint density at radius 3 is 2.90 bits per heavy atom. The number of rotatable bonds is 1. The van der Waals surface area contributed by atoms with E-state index >= 15 is 0 Å². The molecule has 0 N–H and O–H groups in total. The van der Waals surface area contributed by atoms with Crippen molar-refractivity contribution in [3.63, 3.8) is 0 Å². The summed E-state index contributed by atoms with van der Waals surface area (Å²) in [6.45, 7) is 1.93. The average molecular weight is 263 g/mol. The Kier molecular flexibility index (Phi) is 3.14. The number of fused-ring (bicyclic) bond motifs is 1. The normalized spacial score (nSPS) is 15.3. The van der Waals surface area contributed by atoms with E-state index in [4.69, 9.17) is 0 Å². The van der Waals surface area contributed by atoms with Crippen LogP contribution in [0, 0.1) is 17.9 Å². The molecule has 1 heterocycles. The fraction of sp³-hybridized carbons (Fsp3) is 0.0588. The summed E-state index contributed by atoms with van der Waals surface area (Å²) in [7, 11) is 0. The Hall–Kier alpha value is -2.73. The molecule has 2 nitrogen and oxygen atoms in total. The Morgan fingerprint density at radius 1 is 1.25 bits per heavy atom. The highest BCUT2D eigenvalue weighted by Crippen LogP contribution is 2.24. The summed E-state index contributed by atoms with van der Waals surface area (Å²) in [5.41, 5.74) is 2.67. The van der Waals surface area contributed by atoms with E-state index in [1.54, 1.807) is 30.5 Å². The molecule has 2 aromatic carbocycles. The van der Waals surface area contributed by atoms with Gasteiger partial charge in [-0.05, 0) is 18.2 Å². The van der Waals surface area contributed by atoms with E-state index < -0.39 is 0 Å². The standard InChI is InChI=1S/C17H12FN2/c1-2-20-12-11-19-17(13-7-3-5-9-15(13)18)14-8-4-6-10-16(14)20/h2-3,5-7,9-12H,1H3/q+1. The molecule has 0 atom stereocenters. The van der Waals surface area contributed by atoms with Crippen LogP contribution in [0.25, 0.3) is 0 Å². The topological polar surface area (TPSA) is 15.4 Å². The zero-order valence-electron chi connectivity index (χ0n) is 11.0. The maximum absolute atomic E-state index is 14.0. The summed E-state index contributed by atoms with van der Waals surface area (Å²) in [5, 5.41) is 0. The van der Waals surface area contributed by atoms with Crippen LogP contribution in [0.1, 0.15) is 18.1 Å². The van der Waals surface area contributed by atoms with E-state index in [-0.39, 0.29) is 5.82 Å². The molecule has 1 aliphatic rings. The average Bonchev–Trinajstić information content (AvgIpc) is 2.67. The minimum Gasteiger partial charge on any atom is -0.248 e. The van der Waals surface area contributed by atoms with Crippen molar-refractivity contribution >= 4 is 17.6 Å². The van der Waals surface area contributed by atoms with Gasteiger partial charge >= 0.3 is 0 Å². The van der Waals surface area contributed by atoms with Gasteiger partial charge in [-0.2, -0.15) is 4.58 Å². The highest BCUT2D eigenvalue weighted by atomic mass is 19.1. The number of hydrogen-bond donors (Lipinski definition) is 0. The van der Waals surface area contributed by atoms with E-state index in [0.717, 1.165) is 11.3 Å². The van der Waals surface area contributed by atoms with Gasteiger partial charge in [0.2, 0.25) is 5.69 Å². The Labute approximate surface area is 117 Å². The van der Waals surface area contributed by atoms with Crippen LogP contribution >= 0.6 is 0 Å². The van der Waals surface area contributed by atoms with Crippen LogP contribution in [0.3, 0.4) is 0 Å². The zero-order chi connectivity index (χ0) is 13.9. The van der Waals surface area contributed by atoms with Gasteiger partial charge in [-0.1, -0.05) is 24.3 Å². The predicted molar refractivity (Wildman–Crippen MR) is 77.0 cm³/mol. The first-order valence-corrected chi connectivity index (χ1v) is 6.31. The Bertz CT molecular complexity index is 742. The minimum absolute atomic E-state index is 0.295. The van der Waals surface area contributed by atoms with Crippen LogP contribution in [0.5, 0.6) is 0 Å². The lowest BCUT2D eigenvalue weighted by Crippen LogP contribution is -2.07. The third-order valence-electron chi connectivity index (χ3n) is 3.13. The quantitative estimate of drug-likeness (QED) is 0.700. The molecule has 20 heavy (non-hydrogen) atoms. The van der Waals surface area contributed by atoms with Crippen LogP contribution in [0.15, 0.2) is 53.8 Å². The molecule has 0 amide bonds. The summed E-state index contributed by atoms with van der Waals surface area (Å²) < 4.78 is 16.0. The number of nitrogens with zero attached hydrogens (tertiary/aromatic N) is 2. The van der Waals surface area contributed by atoms with Gasteiger partial charge in [-0.25, -0.2) is 9.38 Å². The third-order valence-corrected chi connectivity index (χ3v) is 3.13. The molecule has 1 aliphatic heterocycles. The molecule has 0 aliphatic carbocycles. The molecule has 0 saturated carbocycles. The lowest BCUT2D eigenvalue weighted by molar-refractivity contribution is -0.355. The zero-order valence-corrected chi connectivity index (χ0v) is 11.0. The Balaban J connectivity index is 2.26. The molecule has 3 heteroatoms. The first-order chi connectivity index (χ1) is 9.81. The van der Waals surface area contributed by atoms with Crippen molar-refractivity contribution in [2.75, 3.05) is 0 Å². The highest BCUT2D eigenvalue weighted by Gasteiger charge is 2.22. The van der Waals surface area contributed by atoms with Crippen molar-refractivity contribution in [2.24, 2.45) is 4.99 Å². The summed E-state index contributed by atoms with van der Waals surface area (Å²) in [4.78, 5) is 4.38. The number of halogens is 1. The van der Waals surface area contributed by atoms with Gasteiger partial charge in [0.1, 0.15) is 17.6 Å². The molecule has 0 spiro atoms. The molecule has 0 bridgehead atoms. The second kappa shape index (κ2) is 5.10. The molecule has 0 saturated heterocycles. The minimum atomic E-state index is -0.295. The molecule has 2 aromatic rings. The van der Waals surface area contributed by atoms with Crippen molar-refractivity contribution in [1.29, 1.82) is 0 Å². The van der Waals surface area contributed by atoms with Crippen molar-refractivity contribution in [1.82, 2.24) is 0 Å².